The summed E-state index contributed by atoms with van der Waals surface area (Å²) < 4.78 is 0. The number of fused-ring (bicyclic) bond motifs is 4. The Kier molecular flexibility index (Phi) is 7.43. The maximum Gasteiger partial charge on any atom is 0.0713 e. The van der Waals surface area contributed by atoms with Crippen molar-refractivity contribution in [2.75, 3.05) is 0 Å². The van der Waals surface area contributed by atoms with Crippen molar-refractivity contribution < 1.29 is 0 Å². The summed E-state index contributed by atoms with van der Waals surface area (Å²) in [7, 11) is 0. The van der Waals surface area contributed by atoms with E-state index in [4.69, 9.17) is 0 Å². The molecular formula is C49H36. The molecule has 232 valence electrons. The molecule has 0 heteroatoms. The molecule has 0 atom stereocenters. The first-order chi connectivity index (χ1) is 24.2. The van der Waals surface area contributed by atoms with Crippen LogP contribution in [0.5, 0.6) is 0 Å². The van der Waals surface area contributed by atoms with E-state index in [9.17, 15) is 0 Å². The lowest BCUT2D eigenvalue weighted by molar-refractivity contribution is 0.769. The molecule has 0 fully saturated rings. The molecule has 0 saturated heterocycles. The Morgan fingerprint density at radius 1 is 0.388 bits per heavy atom. The highest BCUT2D eigenvalue weighted by atomic mass is 14.5. The van der Waals surface area contributed by atoms with Crippen LogP contribution in [0, 0.1) is 0 Å². The van der Waals surface area contributed by atoms with Crippen molar-refractivity contribution in [3.8, 4) is 33.4 Å². The van der Waals surface area contributed by atoms with Crippen LogP contribution >= 0.6 is 0 Å². The van der Waals surface area contributed by atoms with Crippen LogP contribution in [0.3, 0.4) is 0 Å². The van der Waals surface area contributed by atoms with Gasteiger partial charge in [-0.1, -0.05) is 190 Å². The lowest BCUT2D eigenvalue weighted by Gasteiger charge is -2.34. The average molecular weight is 625 g/mol. The van der Waals surface area contributed by atoms with E-state index >= 15 is 0 Å². The van der Waals surface area contributed by atoms with Crippen molar-refractivity contribution in [2.24, 2.45) is 0 Å². The van der Waals surface area contributed by atoms with E-state index < -0.39 is 5.41 Å². The lowest BCUT2D eigenvalue weighted by atomic mass is 9.67. The molecule has 1 aliphatic rings. The number of benzene rings is 7. The molecule has 1 aliphatic carbocycles. The molecule has 49 heavy (non-hydrogen) atoms. The highest BCUT2D eigenvalue weighted by Crippen LogP contribution is 2.57. The van der Waals surface area contributed by atoms with Crippen molar-refractivity contribution in [1.82, 2.24) is 0 Å². The normalized spacial score (nSPS) is 12.6. The van der Waals surface area contributed by atoms with Crippen LogP contribution in [0.1, 0.15) is 44.5 Å². The molecule has 7 aromatic rings. The minimum atomic E-state index is -0.486. The van der Waals surface area contributed by atoms with Crippen LogP contribution in [0.25, 0.3) is 68.5 Å². The molecule has 0 radical (unpaired) electrons. The third-order valence-corrected chi connectivity index (χ3v) is 10.3. The van der Waals surface area contributed by atoms with Gasteiger partial charge in [0, 0.05) is 0 Å². The maximum absolute atomic E-state index is 4.39. The van der Waals surface area contributed by atoms with Crippen molar-refractivity contribution >= 4 is 35.1 Å². The molecule has 8 rings (SSSR count). The van der Waals surface area contributed by atoms with E-state index in [0.29, 0.717) is 0 Å². The van der Waals surface area contributed by atoms with Crippen LogP contribution in [0.2, 0.25) is 0 Å². The van der Waals surface area contributed by atoms with Crippen molar-refractivity contribution in [3.63, 3.8) is 0 Å². The highest BCUT2D eigenvalue weighted by molar-refractivity contribution is 6.13. The van der Waals surface area contributed by atoms with E-state index in [2.05, 4.69) is 172 Å². The van der Waals surface area contributed by atoms with Gasteiger partial charge in [0.05, 0.1) is 5.41 Å². The van der Waals surface area contributed by atoms with E-state index in [1.54, 1.807) is 0 Å². The summed E-state index contributed by atoms with van der Waals surface area (Å²) in [5.74, 6) is 0. The quantitative estimate of drug-likeness (QED) is 0.158. The van der Waals surface area contributed by atoms with Crippen molar-refractivity contribution in [1.29, 1.82) is 0 Å². The maximum atomic E-state index is 4.39. The number of hydrogen-bond donors (Lipinski definition) is 0. The van der Waals surface area contributed by atoms with Crippen LogP contribution in [-0.4, -0.2) is 0 Å². The minimum absolute atomic E-state index is 0.486. The van der Waals surface area contributed by atoms with Gasteiger partial charge in [0.15, 0.2) is 0 Å². The van der Waals surface area contributed by atoms with Crippen LogP contribution in [0.4, 0.5) is 0 Å². The third kappa shape index (κ3) is 4.38. The molecule has 0 spiro atoms. The first-order valence-corrected chi connectivity index (χ1v) is 16.7. The Hall–Kier alpha value is -6.24. The molecule has 0 bridgehead atoms. The fraction of sp³-hybridized carbons (Fsp3) is 0.0204. The Morgan fingerprint density at radius 2 is 0.918 bits per heavy atom. The number of hydrogen-bond acceptors (Lipinski definition) is 0. The number of rotatable bonds is 8. The van der Waals surface area contributed by atoms with Crippen LogP contribution in [0.15, 0.2) is 172 Å². The van der Waals surface area contributed by atoms with E-state index in [1.807, 2.05) is 24.3 Å². The fourth-order valence-corrected chi connectivity index (χ4v) is 8.31. The predicted molar refractivity (Wildman–Crippen MR) is 212 cm³/mol. The second kappa shape index (κ2) is 12.1. The monoisotopic (exact) mass is 624 g/mol. The Labute approximate surface area is 289 Å². The molecule has 0 aliphatic heterocycles. The van der Waals surface area contributed by atoms with Crippen LogP contribution < -0.4 is 0 Å². The molecule has 0 nitrogen and oxygen atoms in total. The zero-order chi connectivity index (χ0) is 33.5. The molecule has 0 heterocycles. The van der Waals surface area contributed by atoms with Gasteiger partial charge >= 0.3 is 0 Å². The summed E-state index contributed by atoms with van der Waals surface area (Å²) in [6, 6.07) is 52.9. The van der Waals surface area contributed by atoms with E-state index in [-0.39, 0.29) is 0 Å². The van der Waals surface area contributed by atoms with Crippen molar-refractivity contribution in [3.05, 3.63) is 216 Å². The first-order valence-electron chi connectivity index (χ1n) is 16.7. The van der Waals surface area contributed by atoms with Gasteiger partial charge in [-0.2, -0.15) is 0 Å². The molecule has 0 unspecified atom stereocenters. The third-order valence-electron chi connectivity index (χ3n) is 10.3. The minimum Gasteiger partial charge on any atom is -0.0984 e. The largest absolute Gasteiger partial charge is 0.0984 e. The fourth-order valence-electron chi connectivity index (χ4n) is 8.31. The summed E-state index contributed by atoms with van der Waals surface area (Å²) in [5.41, 5.74) is 15.9. The molecule has 0 saturated carbocycles. The Morgan fingerprint density at radius 3 is 1.55 bits per heavy atom. The molecule has 0 N–H and O–H groups in total. The Balaban J connectivity index is 1.49. The topological polar surface area (TPSA) is 0 Å². The zero-order valence-electron chi connectivity index (χ0n) is 27.5. The van der Waals surface area contributed by atoms with Crippen LogP contribution in [-0.2, 0) is 5.41 Å². The second-order valence-corrected chi connectivity index (χ2v) is 12.5. The average Bonchev–Trinajstić information content (AvgIpc) is 3.47. The lowest BCUT2D eigenvalue weighted by Crippen LogP contribution is -2.28. The van der Waals surface area contributed by atoms with Gasteiger partial charge in [-0.15, -0.1) is 0 Å². The predicted octanol–water partition coefficient (Wildman–Crippen LogP) is 13.1. The zero-order valence-corrected chi connectivity index (χ0v) is 27.5. The smallest absolute Gasteiger partial charge is 0.0713 e. The molecule has 0 amide bonds. The van der Waals surface area contributed by atoms with E-state index in [1.165, 1.54) is 33.4 Å². The molecular weight excluding hydrogens is 589 g/mol. The van der Waals surface area contributed by atoms with Gasteiger partial charge in [-0.3, -0.25) is 0 Å². The SMILES string of the molecule is C=Cc1cccc(-c2c(C=C)c(C=C)c(-c3ccc4c(c3)C(c3ccccc3)(c3ccccc3)c3ccccc3-4)c3ccccc23)c1C=C. The Bertz CT molecular complexity index is 2400. The second-order valence-electron chi connectivity index (χ2n) is 12.5. The van der Waals surface area contributed by atoms with Gasteiger partial charge in [-0.25, -0.2) is 0 Å². The summed E-state index contributed by atoms with van der Waals surface area (Å²) in [5, 5.41) is 2.32. The van der Waals surface area contributed by atoms with Gasteiger partial charge < -0.3 is 0 Å². The molecule has 7 aromatic carbocycles. The summed E-state index contributed by atoms with van der Waals surface area (Å²) in [6.45, 7) is 17.0. The highest BCUT2D eigenvalue weighted by Gasteiger charge is 2.46. The van der Waals surface area contributed by atoms with Gasteiger partial charge in [0.2, 0.25) is 0 Å². The van der Waals surface area contributed by atoms with Crippen molar-refractivity contribution in [2.45, 2.75) is 5.41 Å². The summed E-state index contributed by atoms with van der Waals surface area (Å²) in [4.78, 5) is 0. The summed E-state index contributed by atoms with van der Waals surface area (Å²) >= 11 is 0. The van der Waals surface area contributed by atoms with E-state index in [0.717, 1.165) is 55.3 Å². The standard InChI is InChI=1S/C49H36/c1-5-33-20-19-28-42(37(33)6-2)48-39(8-4)38(7-3)47(43-26-15-16-27-44(43)48)34-30-31-41-40-25-17-18-29-45(40)49(46(41)32-34,35-21-11-9-12-22-35)36-23-13-10-14-24-36/h5-32H,1-4H2. The summed E-state index contributed by atoms with van der Waals surface area (Å²) in [6.07, 6.45) is 7.81. The van der Waals surface area contributed by atoms with Gasteiger partial charge in [0.25, 0.3) is 0 Å². The van der Waals surface area contributed by atoms with Gasteiger partial charge in [0.1, 0.15) is 0 Å². The van der Waals surface area contributed by atoms with Gasteiger partial charge in [-0.05, 0) is 94.7 Å². The first kappa shape index (κ1) is 30.1. The molecule has 0 aromatic heterocycles.